The van der Waals surface area contributed by atoms with Crippen molar-refractivity contribution >= 4 is 34.8 Å². The standard InChI is InChI=1S/C26H32N8O5/c1-33(2)21(35)8-4-3-6-18(30-26(38)39)24(36)29-19-7-5-13-34(25(19)37)14-20-31-22-17(12-11-16-9-10-16)27-15-28-23(22)32-20/h4-5,7-8,13,15-16,18,30H,3,6,9-12,14H2,1-2H3,(H,29,36)(H,38,39)(H,27,28,31,32). The maximum absolute atomic E-state index is 13.1. The molecule has 0 saturated heterocycles. The first-order valence-corrected chi connectivity index (χ1v) is 12.8. The van der Waals surface area contributed by atoms with Gasteiger partial charge in [-0.05, 0) is 49.8 Å². The van der Waals surface area contributed by atoms with E-state index >= 15 is 0 Å². The Kier molecular flexibility index (Phi) is 8.69. The van der Waals surface area contributed by atoms with Gasteiger partial charge in [0.2, 0.25) is 11.8 Å². The first-order chi connectivity index (χ1) is 18.7. The quantitative estimate of drug-likeness (QED) is 0.254. The molecule has 1 aliphatic rings. The molecule has 39 heavy (non-hydrogen) atoms. The summed E-state index contributed by atoms with van der Waals surface area (Å²) >= 11 is 0. The van der Waals surface area contributed by atoms with E-state index in [1.807, 2.05) is 0 Å². The van der Waals surface area contributed by atoms with Crippen LogP contribution in [0, 0.1) is 5.92 Å². The van der Waals surface area contributed by atoms with E-state index in [1.165, 1.54) is 40.8 Å². The predicted molar refractivity (Wildman–Crippen MR) is 143 cm³/mol. The molecule has 13 nitrogen and oxygen atoms in total. The summed E-state index contributed by atoms with van der Waals surface area (Å²) in [5, 5.41) is 13.9. The smallest absolute Gasteiger partial charge is 0.405 e. The Morgan fingerprint density at radius 3 is 2.79 bits per heavy atom. The maximum atomic E-state index is 13.1. The largest absolute Gasteiger partial charge is 0.465 e. The van der Waals surface area contributed by atoms with Gasteiger partial charge in [0.15, 0.2) is 5.65 Å². The highest BCUT2D eigenvalue weighted by Gasteiger charge is 2.23. The van der Waals surface area contributed by atoms with Gasteiger partial charge in [0.25, 0.3) is 5.56 Å². The summed E-state index contributed by atoms with van der Waals surface area (Å²) in [6.45, 7) is 0.114. The number of nitrogens with zero attached hydrogens (tertiary/aromatic N) is 5. The fourth-order valence-corrected chi connectivity index (χ4v) is 4.09. The van der Waals surface area contributed by atoms with Crippen molar-refractivity contribution in [1.82, 2.24) is 34.7 Å². The number of anilines is 1. The average molecular weight is 537 g/mol. The SMILES string of the molecule is CN(C)C(=O)C=CCCC(NC(=O)O)C(=O)Nc1cccn(Cc2nc3ncnc(CCC4CC4)c3[nH]2)c1=O. The van der Waals surface area contributed by atoms with Gasteiger partial charge in [0.05, 0.1) is 12.2 Å². The molecule has 4 rings (SSSR count). The fraction of sp³-hybridized carbons (Fsp3) is 0.423. The van der Waals surface area contributed by atoms with Crippen LogP contribution in [0.2, 0.25) is 0 Å². The molecule has 206 valence electrons. The minimum absolute atomic E-state index is 0.000887. The molecule has 0 aromatic carbocycles. The summed E-state index contributed by atoms with van der Waals surface area (Å²) in [5.74, 6) is 0.383. The first kappa shape index (κ1) is 27.5. The van der Waals surface area contributed by atoms with Gasteiger partial charge >= 0.3 is 6.09 Å². The molecule has 0 aliphatic heterocycles. The van der Waals surface area contributed by atoms with E-state index < -0.39 is 23.6 Å². The van der Waals surface area contributed by atoms with Crippen LogP contribution in [0.15, 0.2) is 41.6 Å². The highest BCUT2D eigenvalue weighted by molar-refractivity contribution is 5.96. The van der Waals surface area contributed by atoms with E-state index in [2.05, 4.69) is 30.6 Å². The third-order valence-electron chi connectivity index (χ3n) is 6.44. The van der Waals surface area contributed by atoms with Gasteiger partial charge in [-0.25, -0.2) is 19.7 Å². The first-order valence-electron chi connectivity index (χ1n) is 12.8. The van der Waals surface area contributed by atoms with Crippen molar-refractivity contribution in [3.8, 4) is 0 Å². The Bertz CT molecular complexity index is 1440. The number of carbonyl (C=O) groups is 3. The van der Waals surface area contributed by atoms with Crippen molar-refractivity contribution in [1.29, 1.82) is 0 Å². The van der Waals surface area contributed by atoms with Crippen molar-refractivity contribution in [2.75, 3.05) is 19.4 Å². The summed E-state index contributed by atoms with van der Waals surface area (Å²) in [6.07, 6.45) is 9.42. The number of nitrogens with one attached hydrogen (secondary N) is 3. The molecule has 3 amide bonds. The van der Waals surface area contributed by atoms with Gasteiger partial charge in [0, 0.05) is 20.3 Å². The van der Waals surface area contributed by atoms with Gasteiger partial charge in [-0.15, -0.1) is 0 Å². The number of hydrogen-bond acceptors (Lipinski definition) is 7. The van der Waals surface area contributed by atoms with Gasteiger partial charge in [-0.3, -0.25) is 14.4 Å². The molecule has 1 saturated carbocycles. The zero-order chi connectivity index (χ0) is 27.9. The summed E-state index contributed by atoms with van der Waals surface area (Å²) in [5.41, 5.74) is 1.72. The van der Waals surface area contributed by atoms with Crippen molar-refractivity contribution in [2.45, 2.75) is 51.1 Å². The van der Waals surface area contributed by atoms with Crippen LogP contribution >= 0.6 is 0 Å². The number of imidazole rings is 1. The summed E-state index contributed by atoms with van der Waals surface area (Å²) in [7, 11) is 3.22. The molecule has 1 atom stereocenters. The molecule has 13 heteroatoms. The second-order valence-electron chi connectivity index (χ2n) is 9.74. The molecular weight excluding hydrogens is 504 g/mol. The number of allylic oxidation sites excluding steroid dienone is 1. The van der Waals surface area contributed by atoms with Gasteiger partial charge in [-0.1, -0.05) is 18.9 Å². The van der Waals surface area contributed by atoms with E-state index in [0.717, 1.165) is 30.0 Å². The number of carboxylic acid groups (broad SMARTS) is 1. The normalized spacial score (nSPS) is 13.9. The number of aryl methyl sites for hydroxylation is 1. The summed E-state index contributed by atoms with van der Waals surface area (Å²) in [6, 6.07) is 1.93. The lowest BCUT2D eigenvalue weighted by Crippen LogP contribution is -2.44. The molecule has 1 aliphatic carbocycles. The highest BCUT2D eigenvalue weighted by atomic mass is 16.4. The maximum Gasteiger partial charge on any atom is 0.405 e. The lowest BCUT2D eigenvalue weighted by molar-refractivity contribution is -0.123. The zero-order valence-corrected chi connectivity index (χ0v) is 21.9. The van der Waals surface area contributed by atoms with Crippen LogP contribution in [0.1, 0.15) is 43.6 Å². The van der Waals surface area contributed by atoms with Crippen LogP contribution in [0.25, 0.3) is 11.2 Å². The second-order valence-corrected chi connectivity index (χ2v) is 9.74. The zero-order valence-electron chi connectivity index (χ0n) is 21.9. The molecule has 1 fully saturated rings. The van der Waals surface area contributed by atoms with Crippen LogP contribution in [-0.2, 0) is 22.6 Å². The number of carbonyl (C=O) groups excluding carboxylic acids is 2. The van der Waals surface area contributed by atoms with Crippen molar-refractivity contribution < 1.29 is 19.5 Å². The number of amides is 3. The van der Waals surface area contributed by atoms with Crippen LogP contribution in [0.3, 0.4) is 0 Å². The lowest BCUT2D eigenvalue weighted by Gasteiger charge is -2.16. The molecule has 0 radical (unpaired) electrons. The van der Waals surface area contributed by atoms with E-state index in [1.54, 1.807) is 32.4 Å². The van der Waals surface area contributed by atoms with Crippen LogP contribution in [0.4, 0.5) is 10.5 Å². The Labute approximate surface area is 224 Å². The number of H-pyrrole nitrogens is 1. The number of hydrogen-bond donors (Lipinski definition) is 4. The minimum atomic E-state index is -1.38. The molecule has 3 aromatic rings. The number of likely N-dealkylation sites (N-methyl/N-ethyl adjacent to an activating group) is 1. The monoisotopic (exact) mass is 536 g/mol. The number of fused-ring (bicyclic) bond motifs is 1. The number of pyridine rings is 1. The van der Waals surface area contributed by atoms with Gasteiger partial charge < -0.3 is 30.2 Å². The molecule has 0 spiro atoms. The van der Waals surface area contributed by atoms with E-state index in [9.17, 15) is 19.2 Å². The topological polar surface area (TPSA) is 175 Å². The third kappa shape index (κ3) is 7.49. The number of aromatic amines is 1. The van der Waals surface area contributed by atoms with E-state index in [-0.39, 0.29) is 31.0 Å². The van der Waals surface area contributed by atoms with Crippen molar-refractivity contribution in [3.05, 3.63) is 58.7 Å². The Balaban J connectivity index is 1.44. The molecule has 0 bridgehead atoms. The fourth-order valence-electron chi connectivity index (χ4n) is 4.09. The predicted octanol–water partition coefficient (Wildman–Crippen LogP) is 1.90. The number of aromatic nitrogens is 5. The van der Waals surface area contributed by atoms with Crippen LogP contribution in [0.5, 0.6) is 0 Å². The average Bonchev–Trinajstić information content (AvgIpc) is 3.63. The highest BCUT2D eigenvalue weighted by Crippen LogP contribution is 2.33. The Hall–Kier alpha value is -4.55. The third-order valence-corrected chi connectivity index (χ3v) is 6.44. The molecule has 1 unspecified atom stereocenters. The molecule has 4 N–H and O–H groups in total. The van der Waals surface area contributed by atoms with Crippen molar-refractivity contribution in [2.24, 2.45) is 5.92 Å². The molecule has 3 aromatic heterocycles. The Morgan fingerprint density at radius 1 is 1.28 bits per heavy atom. The molecule has 3 heterocycles. The summed E-state index contributed by atoms with van der Waals surface area (Å²) < 4.78 is 1.39. The van der Waals surface area contributed by atoms with Crippen LogP contribution < -0.4 is 16.2 Å². The lowest BCUT2D eigenvalue weighted by atomic mass is 10.1. The van der Waals surface area contributed by atoms with E-state index in [0.29, 0.717) is 11.5 Å². The second kappa shape index (κ2) is 12.3. The summed E-state index contributed by atoms with van der Waals surface area (Å²) in [4.78, 5) is 66.6. The van der Waals surface area contributed by atoms with Gasteiger partial charge in [-0.2, -0.15) is 0 Å². The molecular formula is C26H32N8O5. The van der Waals surface area contributed by atoms with Crippen molar-refractivity contribution in [3.63, 3.8) is 0 Å². The number of rotatable bonds is 12. The van der Waals surface area contributed by atoms with E-state index in [4.69, 9.17) is 5.11 Å². The van der Waals surface area contributed by atoms with Crippen LogP contribution in [-0.4, -0.2) is 72.6 Å². The van der Waals surface area contributed by atoms with Gasteiger partial charge in [0.1, 0.15) is 29.4 Å². The Morgan fingerprint density at radius 2 is 2.08 bits per heavy atom. The minimum Gasteiger partial charge on any atom is -0.465 e.